The minimum atomic E-state index is -0.607. The topological polar surface area (TPSA) is 123 Å². The summed E-state index contributed by atoms with van der Waals surface area (Å²) < 4.78 is 7.73. The third kappa shape index (κ3) is 5.25. The summed E-state index contributed by atoms with van der Waals surface area (Å²) in [5.74, 6) is 0.309. The van der Waals surface area contributed by atoms with E-state index in [4.69, 9.17) is 15.5 Å². The molecule has 0 saturated heterocycles. The number of anilines is 3. The number of carbonyl (C=O) groups is 2. The molecule has 2 aromatic carbocycles. The third-order valence-electron chi connectivity index (χ3n) is 5.48. The molecule has 0 bridgehead atoms. The van der Waals surface area contributed by atoms with Gasteiger partial charge in [-0.05, 0) is 56.3 Å². The Bertz CT molecular complexity index is 1380. The van der Waals surface area contributed by atoms with Gasteiger partial charge in [0.2, 0.25) is 5.91 Å². The average Bonchev–Trinajstić information content (AvgIpc) is 3.18. The molecule has 0 radical (unpaired) electrons. The summed E-state index contributed by atoms with van der Waals surface area (Å²) in [5, 5.41) is 9.18. The van der Waals surface area contributed by atoms with Crippen LogP contribution in [0.15, 0.2) is 60.8 Å². The van der Waals surface area contributed by atoms with Crippen LogP contribution < -0.4 is 26.4 Å². The number of rotatable bonds is 9. The van der Waals surface area contributed by atoms with Crippen LogP contribution in [0.3, 0.4) is 0 Å². The Hall–Kier alpha value is -4.37. The van der Waals surface area contributed by atoms with Gasteiger partial charge in [0, 0.05) is 29.2 Å². The molecule has 2 heterocycles. The number of aromatic nitrogens is 2. The number of amides is 2. The summed E-state index contributed by atoms with van der Waals surface area (Å²) in [5.41, 5.74) is 11.1. The molecule has 180 valence electrons. The minimum absolute atomic E-state index is 0.162. The number of pyridine rings is 1. The van der Waals surface area contributed by atoms with Crippen LogP contribution in [0.5, 0.6) is 5.75 Å². The van der Waals surface area contributed by atoms with E-state index in [1.165, 1.54) is 0 Å². The number of benzene rings is 2. The van der Waals surface area contributed by atoms with Gasteiger partial charge < -0.3 is 26.4 Å². The van der Waals surface area contributed by atoms with Gasteiger partial charge in [0.05, 0.1) is 6.54 Å². The van der Waals surface area contributed by atoms with Crippen molar-refractivity contribution < 1.29 is 14.3 Å². The Morgan fingerprint density at radius 1 is 1.06 bits per heavy atom. The number of nitrogens with zero attached hydrogens (tertiary/aromatic N) is 2. The first kappa shape index (κ1) is 23.8. The monoisotopic (exact) mass is 472 g/mol. The molecule has 0 aliphatic rings. The lowest BCUT2D eigenvalue weighted by molar-refractivity contribution is -0.120. The second kappa shape index (κ2) is 10.3. The summed E-state index contributed by atoms with van der Waals surface area (Å²) >= 11 is 0. The maximum Gasteiger partial charge on any atom is 0.255 e. The number of aryl methyl sites for hydroxylation is 2. The first-order chi connectivity index (χ1) is 16.9. The summed E-state index contributed by atoms with van der Waals surface area (Å²) in [7, 11) is 1.69. The quantitative estimate of drug-likeness (QED) is 0.296. The van der Waals surface area contributed by atoms with Crippen LogP contribution in [-0.2, 0) is 9.59 Å². The number of carbonyl (C=O) groups excluding carboxylic acids is 2. The predicted molar refractivity (Wildman–Crippen MR) is 137 cm³/mol. The molecule has 0 aliphatic carbocycles. The molecule has 0 unspecified atom stereocenters. The van der Waals surface area contributed by atoms with E-state index in [1.807, 2.05) is 66.9 Å². The fraction of sp³-hybridized carbons (Fsp3) is 0.192. The van der Waals surface area contributed by atoms with E-state index in [0.717, 1.165) is 28.3 Å². The van der Waals surface area contributed by atoms with Crippen LogP contribution in [-0.4, -0.2) is 41.4 Å². The van der Waals surface area contributed by atoms with E-state index in [9.17, 15) is 9.59 Å². The summed E-state index contributed by atoms with van der Waals surface area (Å²) in [4.78, 5) is 28.4. The highest BCUT2D eigenvalue weighted by molar-refractivity contribution is 5.93. The Balaban J connectivity index is 1.85. The van der Waals surface area contributed by atoms with Crippen LogP contribution in [0.25, 0.3) is 16.9 Å². The SMILES string of the molecule is CNCC(=O)Nc1ccc(-c2nc3ccccn3c2Nc2c(C)cccc2C)c(OCC(N)=O)c1. The van der Waals surface area contributed by atoms with Gasteiger partial charge in [-0.3, -0.25) is 14.0 Å². The highest BCUT2D eigenvalue weighted by Crippen LogP contribution is 2.39. The molecule has 4 aromatic rings. The second-order valence-electron chi connectivity index (χ2n) is 8.17. The number of nitrogens with one attached hydrogen (secondary N) is 3. The van der Waals surface area contributed by atoms with E-state index in [1.54, 1.807) is 19.2 Å². The van der Waals surface area contributed by atoms with Gasteiger partial charge in [-0.1, -0.05) is 24.3 Å². The number of hydrogen-bond acceptors (Lipinski definition) is 6. The summed E-state index contributed by atoms with van der Waals surface area (Å²) in [6.45, 7) is 3.94. The van der Waals surface area contributed by atoms with Crippen molar-refractivity contribution in [3.05, 3.63) is 71.9 Å². The van der Waals surface area contributed by atoms with Crippen molar-refractivity contribution >= 4 is 34.7 Å². The number of nitrogens with two attached hydrogens (primary N) is 1. The van der Waals surface area contributed by atoms with E-state index < -0.39 is 5.91 Å². The maximum atomic E-state index is 12.1. The minimum Gasteiger partial charge on any atom is -0.483 e. The molecular formula is C26H28N6O3. The smallest absolute Gasteiger partial charge is 0.255 e. The van der Waals surface area contributed by atoms with E-state index in [-0.39, 0.29) is 19.1 Å². The lowest BCUT2D eigenvalue weighted by Gasteiger charge is -2.16. The van der Waals surface area contributed by atoms with Gasteiger partial charge in [0.25, 0.3) is 5.91 Å². The Labute approximate surface area is 203 Å². The standard InChI is InChI=1S/C26H28N6O3/c1-16-7-6-8-17(2)24(16)31-26-25(30-22-9-4-5-12-32(22)26)19-11-10-18(29-23(34)14-28-3)13-20(19)35-15-21(27)33/h4-13,28,31H,14-15H2,1-3H3,(H2,27,33)(H,29,34). The largest absolute Gasteiger partial charge is 0.483 e. The van der Waals surface area contributed by atoms with Crippen LogP contribution in [0.2, 0.25) is 0 Å². The zero-order valence-electron chi connectivity index (χ0n) is 19.9. The molecule has 9 nitrogen and oxygen atoms in total. The third-order valence-corrected chi connectivity index (χ3v) is 5.48. The molecule has 0 saturated carbocycles. The number of ether oxygens (including phenoxy) is 1. The van der Waals surface area contributed by atoms with Crippen molar-refractivity contribution in [2.75, 3.05) is 30.8 Å². The first-order valence-corrected chi connectivity index (χ1v) is 11.2. The molecule has 9 heteroatoms. The number of likely N-dealkylation sites (N-methyl/N-ethyl adjacent to an activating group) is 1. The Morgan fingerprint density at radius 2 is 1.83 bits per heavy atom. The number of hydrogen-bond donors (Lipinski definition) is 4. The molecule has 5 N–H and O–H groups in total. The van der Waals surface area contributed by atoms with Gasteiger partial charge >= 0.3 is 0 Å². The molecule has 35 heavy (non-hydrogen) atoms. The molecular weight excluding hydrogens is 444 g/mol. The number of fused-ring (bicyclic) bond motifs is 1. The van der Waals surface area contributed by atoms with Crippen molar-refractivity contribution in [3.8, 4) is 17.0 Å². The van der Waals surface area contributed by atoms with Crippen LogP contribution in [0.4, 0.5) is 17.2 Å². The number of imidazole rings is 1. The zero-order chi connectivity index (χ0) is 24.9. The van der Waals surface area contributed by atoms with Crippen LogP contribution >= 0.6 is 0 Å². The van der Waals surface area contributed by atoms with Crippen molar-refractivity contribution in [1.29, 1.82) is 0 Å². The lowest BCUT2D eigenvalue weighted by Crippen LogP contribution is -2.25. The highest BCUT2D eigenvalue weighted by atomic mass is 16.5. The van der Waals surface area contributed by atoms with Crippen molar-refractivity contribution in [1.82, 2.24) is 14.7 Å². The van der Waals surface area contributed by atoms with Gasteiger partial charge in [0.15, 0.2) is 6.61 Å². The Kier molecular flexibility index (Phi) is 6.98. The van der Waals surface area contributed by atoms with Crippen LogP contribution in [0, 0.1) is 13.8 Å². The van der Waals surface area contributed by atoms with Gasteiger partial charge in [-0.25, -0.2) is 4.98 Å². The second-order valence-corrected chi connectivity index (χ2v) is 8.17. The maximum absolute atomic E-state index is 12.1. The molecule has 2 amide bonds. The fourth-order valence-corrected chi connectivity index (χ4v) is 3.86. The van der Waals surface area contributed by atoms with Crippen molar-refractivity contribution in [3.63, 3.8) is 0 Å². The predicted octanol–water partition coefficient (Wildman–Crippen LogP) is 3.38. The van der Waals surface area contributed by atoms with E-state index in [2.05, 4.69) is 16.0 Å². The molecule has 0 fully saturated rings. The molecule has 0 atom stereocenters. The van der Waals surface area contributed by atoms with Crippen molar-refractivity contribution in [2.45, 2.75) is 13.8 Å². The average molecular weight is 473 g/mol. The van der Waals surface area contributed by atoms with E-state index in [0.29, 0.717) is 22.7 Å². The van der Waals surface area contributed by atoms with E-state index >= 15 is 0 Å². The summed E-state index contributed by atoms with van der Waals surface area (Å²) in [6, 6.07) is 17.1. The van der Waals surface area contributed by atoms with Gasteiger partial charge in [-0.2, -0.15) is 0 Å². The van der Waals surface area contributed by atoms with Crippen molar-refractivity contribution in [2.24, 2.45) is 5.73 Å². The van der Waals surface area contributed by atoms with Gasteiger partial charge in [0.1, 0.15) is 22.9 Å². The molecule has 0 aliphatic heterocycles. The number of para-hydroxylation sites is 1. The zero-order valence-corrected chi connectivity index (χ0v) is 19.9. The van der Waals surface area contributed by atoms with Gasteiger partial charge in [-0.15, -0.1) is 0 Å². The number of primary amides is 1. The normalized spacial score (nSPS) is 10.8. The first-order valence-electron chi connectivity index (χ1n) is 11.2. The molecule has 0 spiro atoms. The lowest BCUT2D eigenvalue weighted by atomic mass is 10.1. The Morgan fingerprint density at radius 3 is 2.54 bits per heavy atom. The fourth-order valence-electron chi connectivity index (χ4n) is 3.86. The van der Waals surface area contributed by atoms with Crippen LogP contribution in [0.1, 0.15) is 11.1 Å². The highest BCUT2D eigenvalue weighted by Gasteiger charge is 2.20. The molecule has 2 aromatic heterocycles. The molecule has 4 rings (SSSR count). The summed E-state index contributed by atoms with van der Waals surface area (Å²) in [6.07, 6.45) is 1.93.